The van der Waals surface area contributed by atoms with Crippen LogP contribution in [-0.2, 0) is 16.6 Å². The summed E-state index contributed by atoms with van der Waals surface area (Å²) in [5, 5.41) is 2.28. The normalized spacial score (nSPS) is 11.3. The molecule has 29 heavy (non-hydrogen) atoms. The molecule has 0 aliphatic rings. The molecule has 0 bridgehead atoms. The Balaban J connectivity index is 1.49. The van der Waals surface area contributed by atoms with Gasteiger partial charge in [-0.05, 0) is 59.2 Å². The van der Waals surface area contributed by atoms with Crippen LogP contribution in [0.4, 0.5) is 5.69 Å². The van der Waals surface area contributed by atoms with E-state index < -0.39 is 10.0 Å². The summed E-state index contributed by atoms with van der Waals surface area (Å²) >= 11 is 0. The van der Waals surface area contributed by atoms with E-state index in [2.05, 4.69) is 10.8 Å². The summed E-state index contributed by atoms with van der Waals surface area (Å²) in [6, 6.07) is 28.2. The number of sulfonamides is 1. The molecule has 0 saturated heterocycles. The fourth-order valence-corrected chi connectivity index (χ4v) is 4.51. The van der Waals surface area contributed by atoms with Gasteiger partial charge in [0, 0.05) is 5.69 Å². The molecule has 4 nitrogen and oxygen atoms in total. The average Bonchev–Trinajstić information content (AvgIpc) is 2.72. The van der Waals surface area contributed by atoms with Crippen molar-refractivity contribution in [3.05, 3.63) is 102 Å². The van der Waals surface area contributed by atoms with Crippen LogP contribution in [0.25, 0.3) is 10.8 Å². The number of anilines is 1. The van der Waals surface area contributed by atoms with Crippen molar-refractivity contribution >= 4 is 26.5 Å². The second kappa shape index (κ2) is 7.97. The number of rotatable bonds is 6. The number of nitrogens with one attached hydrogen (secondary N) is 1. The lowest BCUT2D eigenvalue weighted by Gasteiger charge is -2.12. The number of benzene rings is 4. The number of hydrogen-bond donors (Lipinski definition) is 1. The largest absolute Gasteiger partial charge is 0.489 e. The van der Waals surface area contributed by atoms with Gasteiger partial charge >= 0.3 is 0 Å². The Morgan fingerprint density at radius 1 is 0.793 bits per heavy atom. The van der Waals surface area contributed by atoms with Crippen LogP contribution < -0.4 is 9.46 Å². The zero-order valence-electron chi connectivity index (χ0n) is 16.0. The first-order valence-corrected chi connectivity index (χ1v) is 10.8. The molecule has 0 spiro atoms. The van der Waals surface area contributed by atoms with E-state index in [0.717, 1.165) is 22.1 Å². The van der Waals surface area contributed by atoms with Crippen LogP contribution >= 0.6 is 0 Å². The van der Waals surface area contributed by atoms with Gasteiger partial charge in [-0.2, -0.15) is 0 Å². The summed E-state index contributed by atoms with van der Waals surface area (Å²) in [6.45, 7) is 2.13. The summed E-state index contributed by atoms with van der Waals surface area (Å²) < 4.78 is 34.0. The maximum atomic E-state index is 12.7. The van der Waals surface area contributed by atoms with Crippen molar-refractivity contribution in [2.24, 2.45) is 0 Å². The van der Waals surface area contributed by atoms with E-state index in [4.69, 9.17) is 4.74 Å². The molecule has 0 heterocycles. The minimum atomic E-state index is -3.64. The highest BCUT2D eigenvalue weighted by Gasteiger charge is 2.16. The molecule has 0 radical (unpaired) electrons. The topological polar surface area (TPSA) is 55.4 Å². The van der Waals surface area contributed by atoms with Crippen molar-refractivity contribution in [2.75, 3.05) is 4.72 Å². The molecule has 0 fully saturated rings. The second-order valence-corrected chi connectivity index (χ2v) is 8.52. The van der Waals surface area contributed by atoms with E-state index >= 15 is 0 Å². The van der Waals surface area contributed by atoms with Crippen molar-refractivity contribution in [1.29, 1.82) is 0 Å². The Hall–Kier alpha value is -3.31. The zero-order valence-corrected chi connectivity index (χ0v) is 16.8. The number of aryl methyl sites for hydroxylation is 1. The minimum absolute atomic E-state index is 0.276. The van der Waals surface area contributed by atoms with Gasteiger partial charge in [0.15, 0.2) is 0 Å². The molecule has 0 aliphatic heterocycles. The predicted molar refractivity (Wildman–Crippen MR) is 117 cm³/mol. The number of hydrogen-bond acceptors (Lipinski definition) is 3. The van der Waals surface area contributed by atoms with Crippen molar-refractivity contribution < 1.29 is 13.2 Å². The Morgan fingerprint density at radius 2 is 1.55 bits per heavy atom. The molecule has 0 aromatic heterocycles. The van der Waals surface area contributed by atoms with Gasteiger partial charge in [-0.3, -0.25) is 4.72 Å². The molecule has 0 atom stereocenters. The molecular formula is C24H21NO3S. The summed E-state index contributed by atoms with van der Waals surface area (Å²) in [7, 11) is -3.64. The van der Waals surface area contributed by atoms with Crippen molar-refractivity contribution in [2.45, 2.75) is 18.4 Å². The van der Waals surface area contributed by atoms with Crippen LogP contribution in [0.2, 0.25) is 0 Å². The van der Waals surface area contributed by atoms with Crippen molar-refractivity contribution in [3.63, 3.8) is 0 Å². The van der Waals surface area contributed by atoms with E-state index in [0.29, 0.717) is 17.9 Å². The average molecular weight is 404 g/mol. The van der Waals surface area contributed by atoms with Gasteiger partial charge < -0.3 is 4.74 Å². The van der Waals surface area contributed by atoms with Crippen LogP contribution in [0.5, 0.6) is 5.75 Å². The standard InChI is InChI=1S/C24H21NO3S/c1-18-7-2-5-12-24(18)29(26,27)25-22-11-6-8-19(15-22)17-28-23-14-13-20-9-3-4-10-21(20)16-23/h2-16,25H,17H2,1H3. The molecule has 4 rings (SSSR count). The fraction of sp³-hybridized carbons (Fsp3) is 0.0833. The first-order chi connectivity index (χ1) is 14.0. The second-order valence-electron chi connectivity index (χ2n) is 6.87. The van der Waals surface area contributed by atoms with Gasteiger partial charge in [0.1, 0.15) is 12.4 Å². The Bertz CT molecular complexity index is 1270. The molecule has 146 valence electrons. The Kier molecular flexibility index (Phi) is 5.23. The molecule has 5 heteroatoms. The smallest absolute Gasteiger partial charge is 0.262 e. The fourth-order valence-electron chi connectivity index (χ4n) is 3.22. The third-order valence-corrected chi connectivity index (χ3v) is 6.23. The number of fused-ring (bicyclic) bond motifs is 1. The monoisotopic (exact) mass is 403 g/mol. The highest BCUT2D eigenvalue weighted by atomic mass is 32.2. The zero-order chi connectivity index (χ0) is 20.3. The van der Waals surface area contributed by atoms with Gasteiger partial charge in [-0.15, -0.1) is 0 Å². The first kappa shape index (κ1) is 19.0. The van der Waals surface area contributed by atoms with Gasteiger partial charge in [-0.25, -0.2) is 8.42 Å². The summed E-state index contributed by atoms with van der Waals surface area (Å²) in [5.74, 6) is 0.773. The molecule has 0 aliphatic carbocycles. The third-order valence-electron chi connectivity index (χ3n) is 4.69. The van der Waals surface area contributed by atoms with Crippen LogP contribution in [0.3, 0.4) is 0 Å². The van der Waals surface area contributed by atoms with Crippen molar-refractivity contribution in [1.82, 2.24) is 0 Å². The third kappa shape index (κ3) is 4.41. The van der Waals surface area contributed by atoms with Crippen molar-refractivity contribution in [3.8, 4) is 5.75 Å². The van der Waals surface area contributed by atoms with Crippen LogP contribution in [-0.4, -0.2) is 8.42 Å². The highest BCUT2D eigenvalue weighted by molar-refractivity contribution is 7.92. The Labute approximate surface area is 170 Å². The van der Waals surface area contributed by atoms with Crippen LogP contribution in [0, 0.1) is 6.92 Å². The molecular weight excluding hydrogens is 382 g/mol. The number of ether oxygens (including phenoxy) is 1. The molecule has 0 saturated carbocycles. The molecule has 4 aromatic carbocycles. The van der Waals surface area contributed by atoms with Gasteiger partial charge in [0.25, 0.3) is 10.0 Å². The van der Waals surface area contributed by atoms with Gasteiger partial charge in [-0.1, -0.05) is 60.7 Å². The van der Waals surface area contributed by atoms with Gasteiger partial charge in [0.2, 0.25) is 0 Å². The van der Waals surface area contributed by atoms with E-state index in [9.17, 15) is 8.42 Å². The first-order valence-electron chi connectivity index (χ1n) is 9.30. The SMILES string of the molecule is Cc1ccccc1S(=O)(=O)Nc1cccc(COc2ccc3ccccc3c2)c1. The summed E-state index contributed by atoms with van der Waals surface area (Å²) in [6.07, 6.45) is 0. The van der Waals surface area contributed by atoms with E-state index in [1.165, 1.54) is 0 Å². The molecule has 1 N–H and O–H groups in total. The van der Waals surface area contributed by atoms with Crippen LogP contribution in [0.15, 0.2) is 95.9 Å². The Morgan fingerprint density at radius 3 is 2.38 bits per heavy atom. The maximum absolute atomic E-state index is 12.7. The molecule has 0 unspecified atom stereocenters. The summed E-state index contributed by atoms with van der Waals surface area (Å²) in [4.78, 5) is 0.276. The predicted octanol–water partition coefficient (Wildman–Crippen LogP) is 5.53. The van der Waals surface area contributed by atoms with Crippen LogP contribution in [0.1, 0.15) is 11.1 Å². The van der Waals surface area contributed by atoms with E-state index in [1.807, 2.05) is 54.6 Å². The lowest BCUT2D eigenvalue weighted by molar-refractivity contribution is 0.306. The maximum Gasteiger partial charge on any atom is 0.262 e. The van der Waals surface area contributed by atoms with E-state index in [-0.39, 0.29) is 4.90 Å². The van der Waals surface area contributed by atoms with Gasteiger partial charge in [0.05, 0.1) is 4.90 Å². The summed E-state index contributed by atoms with van der Waals surface area (Å²) in [5.41, 5.74) is 2.09. The highest BCUT2D eigenvalue weighted by Crippen LogP contribution is 2.23. The lowest BCUT2D eigenvalue weighted by Crippen LogP contribution is -2.14. The molecule has 4 aromatic rings. The lowest BCUT2D eigenvalue weighted by atomic mass is 10.1. The quantitative estimate of drug-likeness (QED) is 0.461. The van der Waals surface area contributed by atoms with E-state index in [1.54, 1.807) is 37.3 Å². The molecule has 0 amide bonds. The minimum Gasteiger partial charge on any atom is -0.489 e.